The van der Waals surface area contributed by atoms with Gasteiger partial charge in [0, 0.05) is 18.8 Å². The molecule has 0 spiro atoms. The van der Waals surface area contributed by atoms with Crippen LogP contribution in [0.4, 0.5) is 11.4 Å². The number of carbonyl (C=O) groups is 2. The summed E-state index contributed by atoms with van der Waals surface area (Å²) in [5, 5.41) is 0. The molecule has 0 aliphatic carbocycles. The van der Waals surface area contributed by atoms with Crippen LogP contribution in [0.25, 0.3) is 0 Å². The van der Waals surface area contributed by atoms with Crippen LogP contribution in [0.15, 0.2) is 24.3 Å². The van der Waals surface area contributed by atoms with Crippen molar-refractivity contribution in [3.8, 4) is 0 Å². The summed E-state index contributed by atoms with van der Waals surface area (Å²) in [5.41, 5.74) is 1.10. The quantitative estimate of drug-likeness (QED) is 0.619. The average Bonchev–Trinajstić information content (AvgIpc) is 2.60. The molecular formula is C16H24N2O6S. The van der Waals surface area contributed by atoms with Crippen LogP contribution >= 0.6 is 0 Å². The topological polar surface area (TPSA) is 102 Å². The molecule has 0 fully saturated rings. The normalized spacial score (nSPS) is 10.8. The minimum Gasteiger partial charge on any atom is -0.469 e. The number of benzene rings is 1. The molecule has 1 rings (SSSR count). The highest BCUT2D eigenvalue weighted by molar-refractivity contribution is 7.92. The van der Waals surface area contributed by atoms with E-state index < -0.39 is 10.0 Å². The Labute approximate surface area is 148 Å². The lowest BCUT2D eigenvalue weighted by atomic mass is 10.2. The Morgan fingerprint density at radius 1 is 1.08 bits per heavy atom. The highest BCUT2D eigenvalue weighted by Crippen LogP contribution is 2.21. The summed E-state index contributed by atoms with van der Waals surface area (Å²) in [6, 6.07) is 6.77. The van der Waals surface area contributed by atoms with Crippen LogP contribution < -0.4 is 9.62 Å². The van der Waals surface area contributed by atoms with Crippen molar-refractivity contribution in [2.24, 2.45) is 0 Å². The standard InChI is InChI=1S/C16H24N2O6S/c1-4-25(21,22)17-13-6-5-7-14(12-13)18(10-8-15(19)23-2)11-9-16(20)24-3/h5-7,12,17H,4,8-11H2,1-3H3. The number of ether oxygens (including phenoxy) is 2. The predicted molar refractivity (Wildman–Crippen MR) is 95.0 cm³/mol. The van der Waals surface area contributed by atoms with Gasteiger partial charge in [0.15, 0.2) is 0 Å². The van der Waals surface area contributed by atoms with Gasteiger partial charge in [-0.3, -0.25) is 14.3 Å². The van der Waals surface area contributed by atoms with Crippen molar-refractivity contribution in [2.45, 2.75) is 19.8 Å². The number of nitrogens with one attached hydrogen (secondary N) is 1. The number of sulfonamides is 1. The number of carbonyl (C=O) groups excluding carboxylic acids is 2. The summed E-state index contributed by atoms with van der Waals surface area (Å²) >= 11 is 0. The molecule has 0 unspecified atom stereocenters. The summed E-state index contributed by atoms with van der Waals surface area (Å²) in [6.07, 6.45) is 0.283. The Balaban J connectivity index is 2.95. The lowest BCUT2D eigenvalue weighted by Gasteiger charge is -2.24. The molecule has 25 heavy (non-hydrogen) atoms. The van der Waals surface area contributed by atoms with Crippen LogP contribution in [-0.2, 0) is 29.1 Å². The maximum absolute atomic E-state index is 11.7. The second kappa shape index (κ2) is 9.87. The number of hydrogen-bond donors (Lipinski definition) is 1. The molecule has 0 bridgehead atoms. The van der Waals surface area contributed by atoms with Gasteiger partial charge in [0.1, 0.15) is 0 Å². The Kier molecular flexibility index (Phi) is 8.20. The van der Waals surface area contributed by atoms with E-state index in [4.69, 9.17) is 0 Å². The van der Waals surface area contributed by atoms with Gasteiger partial charge in [-0.05, 0) is 25.1 Å². The van der Waals surface area contributed by atoms with E-state index in [1.165, 1.54) is 14.2 Å². The zero-order valence-corrected chi connectivity index (χ0v) is 15.5. The van der Waals surface area contributed by atoms with E-state index in [0.717, 1.165) is 0 Å². The van der Waals surface area contributed by atoms with Crippen molar-refractivity contribution in [1.29, 1.82) is 0 Å². The highest BCUT2D eigenvalue weighted by atomic mass is 32.2. The second-order valence-corrected chi connectivity index (χ2v) is 7.21. The maximum atomic E-state index is 11.7. The van der Waals surface area contributed by atoms with Crippen LogP contribution in [0.1, 0.15) is 19.8 Å². The zero-order chi connectivity index (χ0) is 18.9. The Morgan fingerprint density at radius 3 is 2.12 bits per heavy atom. The molecule has 1 N–H and O–H groups in total. The van der Waals surface area contributed by atoms with E-state index in [2.05, 4.69) is 14.2 Å². The molecule has 0 amide bonds. The zero-order valence-electron chi connectivity index (χ0n) is 14.6. The third kappa shape index (κ3) is 7.42. The van der Waals surface area contributed by atoms with E-state index in [0.29, 0.717) is 24.5 Å². The number of methoxy groups -OCH3 is 2. The molecule has 0 saturated heterocycles. The van der Waals surface area contributed by atoms with Crippen LogP contribution in [0.5, 0.6) is 0 Å². The molecule has 1 aromatic carbocycles. The van der Waals surface area contributed by atoms with Crippen molar-refractivity contribution in [1.82, 2.24) is 0 Å². The number of anilines is 2. The molecule has 0 atom stereocenters. The summed E-state index contributed by atoms with van der Waals surface area (Å²) in [5.74, 6) is -0.775. The molecule has 0 saturated carbocycles. The summed E-state index contributed by atoms with van der Waals surface area (Å²) in [7, 11) is -0.777. The van der Waals surface area contributed by atoms with Crippen LogP contribution in [-0.4, -0.2) is 53.4 Å². The minimum absolute atomic E-state index is 0.0361. The number of rotatable bonds is 10. The summed E-state index contributed by atoms with van der Waals surface area (Å²) in [6.45, 7) is 2.20. The van der Waals surface area contributed by atoms with Gasteiger partial charge in [-0.2, -0.15) is 0 Å². The second-order valence-electron chi connectivity index (χ2n) is 5.20. The minimum atomic E-state index is -3.39. The SMILES string of the molecule is CCS(=O)(=O)Nc1cccc(N(CCC(=O)OC)CCC(=O)OC)c1. The fraction of sp³-hybridized carbons (Fsp3) is 0.500. The summed E-state index contributed by atoms with van der Waals surface area (Å²) in [4.78, 5) is 24.6. The van der Waals surface area contributed by atoms with Gasteiger partial charge in [0.05, 0.1) is 38.5 Å². The Bertz CT molecular complexity index is 670. The van der Waals surface area contributed by atoms with Gasteiger partial charge in [-0.1, -0.05) is 6.07 Å². The van der Waals surface area contributed by atoms with Crippen LogP contribution in [0.3, 0.4) is 0 Å². The third-order valence-electron chi connectivity index (χ3n) is 3.49. The monoisotopic (exact) mass is 372 g/mol. The lowest BCUT2D eigenvalue weighted by molar-refractivity contribution is -0.140. The summed E-state index contributed by atoms with van der Waals surface area (Å²) < 4.78 is 35.2. The number of nitrogens with zero attached hydrogens (tertiary/aromatic N) is 1. The molecule has 9 heteroatoms. The first-order valence-corrected chi connectivity index (χ1v) is 9.45. The van der Waals surface area contributed by atoms with E-state index in [-0.39, 0.29) is 30.5 Å². The van der Waals surface area contributed by atoms with E-state index in [1.54, 1.807) is 36.1 Å². The molecule has 0 radical (unpaired) electrons. The molecular weight excluding hydrogens is 348 g/mol. The van der Waals surface area contributed by atoms with Crippen LogP contribution in [0, 0.1) is 0 Å². The first kappa shape index (κ1) is 20.8. The van der Waals surface area contributed by atoms with Gasteiger partial charge in [0.2, 0.25) is 10.0 Å². The molecule has 1 aromatic rings. The van der Waals surface area contributed by atoms with Crippen molar-refractivity contribution in [2.75, 3.05) is 42.7 Å². The number of esters is 2. The Hall–Kier alpha value is -2.29. The highest BCUT2D eigenvalue weighted by Gasteiger charge is 2.14. The lowest BCUT2D eigenvalue weighted by Crippen LogP contribution is -2.29. The van der Waals surface area contributed by atoms with Crippen molar-refractivity contribution < 1.29 is 27.5 Å². The largest absolute Gasteiger partial charge is 0.469 e. The molecule has 0 aliphatic rings. The molecule has 0 aromatic heterocycles. The van der Waals surface area contributed by atoms with Gasteiger partial charge in [0.25, 0.3) is 0 Å². The molecule has 8 nitrogen and oxygen atoms in total. The smallest absolute Gasteiger partial charge is 0.307 e. The van der Waals surface area contributed by atoms with Crippen LogP contribution in [0.2, 0.25) is 0 Å². The van der Waals surface area contributed by atoms with Gasteiger partial charge >= 0.3 is 11.9 Å². The molecule has 0 aliphatic heterocycles. The van der Waals surface area contributed by atoms with E-state index in [9.17, 15) is 18.0 Å². The van der Waals surface area contributed by atoms with Crippen molar-refractivity contribution in [3.63, 3.8) is 0 Å². The van der Waals surface area contributed by atoms with Gasteiger partial charge < -0.3 is 14.4 Å². The third-order valence-corrected chi connectivity index (χ3v) is 4.80. The fourth-order valence-corrected chi connectivity index (χ4v) is 2.67. The van der Waals surface area contributed by atoms with Gasteiger partial charge in [-0.15, -0.1) is 0 Å². The van der Waals surface area contributed by atoms with E-state index in [1.807, 2.05) is 0 Å². The fourth-order valence-electron chi connectivity index (χ4n) is 2.04. The predicted octanol–water partition coefficient (Wildman–Crippen LogP) is 1.38. The first-order valence-electron chi connectivity index (χ1n) is 7.80. The van der Waals surface area contributed by atoms with Crippen molar-refractivity contribution >= 4 is 33.3 Å². The van der Waals surface area contributed by atoms with E-state index >= 15 is 0 Å². The van der Waals surface area contributed by atoms with Crippen molar-refractivity contribution in [3.05, 3.63) is 24.3 Å². The Morgan fingerprint density at radius 2 is 1.64 bits per heavy atom. The maximum Gasteiger partial charge on any atom is 0.307 e. The van der Waals surface area contributed by atoms with Gasteiger partial charge in [-0.25, -0.2) is 8.42 Å². The number of hydrogen-bond acceptors (Lipinski definition) is 7. The first-order chi connectivity index (χ1) is 11.8. The molecule has 140 valence electrons. The molecule has 0 heterocycles. The average molecular weight is 372 g/mol.